The van der Waals surface area contributed by atoms with Crippen LogP contribution in [0, 0.1) is 23.2 Å². The van der Waals surface area contributed by atoms with Crippen molar-refractivity contribution in [2.45, 2.75) is 45.1 Å². The van der Waals surface area contributed by atoms with Gasteiger partial charge in [0.25, 0.3) is 0 Å². The van der Waals surface area contributed by atoms with Crippen molar-refractivity contribution in [1.29, 1.82) is 0 Å². The van der Waals surface area contributed by atoms with Gasteiger partial charge in [0.15, 0.2) is 4.47 Å². The molecular weight excluding hydrogens is 378 g/mol. The van der Waals surface area contributed by atoms with Crippen molar-refractivity contribution in [3.63, 3.8) is 0 Å². The highest BCUT2D eigenvalue weighted by Crippen LogP contribution is 2.60. The van der Waals surface area contributed by atoms with Crippen molar-refractivity contribution in [2.24, 2.45) is 23.2 Å². The predicted octanol–water partition coefficient (Wildman–Crippen LogP) is 5.56. The fourth-order valence-corrected chi connectivity index (χ4v) is 6.83. The molecule has 4 saturated carbocycles. The van der Waals surface area contributed by atoms with E-state index in [0.29, 0.717) is 11.0 Å². The van der Waals surface area contributed by atoms with Gasteiger partial charge in [-0.25, -0.2) is 4.98 Å². The Balaban J connectivity index is 1.26. The molecule has 6 rings (SSSR count). The molecule has 0 atom stereocenters. The van der Waals surface area contributed by atoms with E-state index in [2.05, 4.69) is 15.6 Å². The summed E-state index contributed by atoms with van der Waals surface area (Å²) in [6.45, 7) is 0.677. The lowest BCUT2D eigenvalue weighted by atomic mass is 9.49. The second-order valence-corrected chi connectivity index (χ2v) is 10.4. The van der Waals surface area contributed by atoms with E-state index in [0.717, 1.165) is 53.3 Å². The van der Waals surface area contributed by atoms with Crippen molar-refractivity contribution in [1.82, 2.24) is 4.98 Å². The van der Waals surface area contributed by atoms with Crippen molar-refractivity contribution in [3.05, 3.63) is 39.8 Å². The average Bonchev–Trinajstić information content (AvgIpc) is 3.04. The summed E-state index contributed by atoms with van der Waals surface area (Å²) in [4.78, 5) is 18.4. The summed E-state index contributed by atoms with van der Waals surface area (Å²) in [5, 5.41) is 6.62. The van der Waals surface area contributed by atoms with E-state index in [1.54, 1.807) is 6.20 Å². The van der Waals surface area contributed by atoms with Crippen LogP contribution in [-0.2, 0) is 11.3 Å². The molecule has 2 N–H and O–H groups in total. The van der Waals surface area contributed by atoms with Crippen LogP contribution in [0.1, 0.15) is 43.4 Å². The monoisotopic (exact) mass is 401 g/mol. The molecule has 6 heteroatoms. The number of anilines is 2. The molecule has 4 nitrogen and oxygen atoms in total. The first kappa shape index (κ1) is 17.5. The number of thiazole rings is 1. The molecule has 1 aromatic heterocycles. The smallest absolute Gasteiger partial charge is 0.230 e. The van der Waals surface area contributed by atoms with Crippen LogP contribution in [0.4, 0.5) is 11.4 Å². The third kappa shape index (κ3) is 3.47. The predicted molar refractivity (Wildman–Crippen MR) is 110 cm³/mol. The number of rotatable bonds is 5. The minimum Gasteiger partial charge on any atom is -0.380 e. The number of hydrogen-bond donors (Lipinski definition) is 2. The van der Waals surface area contributed by atoms with Gasteiger partial charge in [-0.1, -0.05) is 17.7 Å². The Bertz CT molecular complexity index is 829. The number of benzene rings is 1. The highest BCUT2D eigenvalue weighted by molar-refractivity contribution is 7.15. The van der Waals surface area contributed by atoms with Crippen molar-refractivity contribution < 1.29 is 4.79 Å². The second kappa shape index (κ2) is 6.78. The molecule has 4 bridgehead atoms. The van der Waals surface area contributed by atoms with E-state index in [9.17, 15) is 4.79 Å². The maximum absolute atomic E-state index is 13.2. The number of carbonyl (C=O) groups excluding carboxylic acids is 1. The van der Waals surface area contributed by atoms with E-state index < -0.39 is 0 Å². The quantitative estimate of drug-likeness (QED) is 0.689. The van der Waals surface area contributed by atoms with Crippen LogP contribution in [0.5, 0.6) is 0 Å². The van der Waals surface area contributed by atoms with Crippen LogP contribution >= 0.6 is 22.9 Å². The fourth-order valence-electron chi connectivity index (χ4n) is 5.91. The first-order valence-electron chi connectivity index (χ1n) is 9.84. The maximum atomic E-state index is 13.2. The number of halogens is 1. The topological polar surface area (TPSA) is 54.0 Å². The van der Waals surface area contributed by atoms with Gasteiger partial charge < -0.3 is 10.6 Å². The summed E-state index contributed by atoms with van der Waals surface area (Å²) < 4.78 is 0.559. The van der Waals surface area contributed by atoms with Gasteiger partial charge in [0.1, 0.15) is 0 Å². The molecule has 0 spiro atoms. The van der Waals surface area contributed by atoms with Gasteiger partial charge in [-0.2, -0.15) is 0 Å². The summed E-state index contributed by atoms with van der Waals surface area (Å²) in [7, 11) is 0. The van der Waals surface area contributed by atoms with Crippen molar-refractivity contribution in [2.75, 3.05) is 10.6 Å². The summed E-state index contributed by atoms with van der Waals surface area (Å²) >= 11 is 7.36. The number of hydrogen-bond acceptors (Lipinski definition) is 4. The lowest BCUT2D eigenvalue weighted by Gasteiger charge is -2.55. The van der Waals surface area contributed by atoms with Gasteiger partial charge >= 0.3 is 0 Å². The molecule has 4 fully saturated rings. The largest absolute Gasteiger partial charge is 0.380 e. The van der Waals surface area contributed by atoms with Gasteiger partial charge in [0.2, 0.25) is 5.91 Å². The normalized spacial score (nSPS) is 31.1. The number of nitrogens with zero attached hydrogens (tertiary/aromatic N) is 1. The first-order valence-corrected chi connectivity index (χ1v) is 11.0. The summed E-state index contributed by atoms with van der Waals surface area (Å²) in [6.07, 6.45) is 9.13. The fraction of sp³-hybridized carbons (Fsp3) is 0.524. The van der Waals surface area contributed by atoms with Gasteiger partial charge in [-0.05, 0) is 74.5 Å². The number of carbonyl (C=O) groups is 1. The second-order valence-electron chi connectivity index (χ2n) is 8.67. The lowest BCUT2D eigenvalue weighted by molar-refractivity contribution is -0.140. The summed E-state index contributed by atoms with van der Waals surface area (Å²) in [5.74, 6) is 2.58. The Kier molecular flexibility index (Phi) is 4.40. The molecule has 1 heterocycles. The molecule has 2 aromatic rings. The van der Waals surface area contributed by atoms with Crippen LogP contribution < -0.4 is 10.6 Å². The summed E-state index contributed by atoms with van der Waals surface area (Å²) in [6, 6.07) is 7.99. The molecular formula is C21H24ClN3OS. The SMILES string of the molecule is O=C(Nc1cccc(NCc2cnc(Cl)s2)c1)C12CC3CC(CC(C3)C1)C2. The van der Waals surface area contributed by atoms with E-state index >= 15 is 0 Å². The Morgan fingerprint density at radius 2 is 1.81 bits per heavy atom. The van der Waals surface area contributed by atoms with E-state index in [1.807, 2.05) is 24.3 Å². The molecule has 0 saturated heterocycles. The Morgan fingerprint density at radius 1 is 1.15 bits per heavy atom. The van der Waals surface area contributed by atoms with Gasteiger partial charge in [-0.15, -0.1) is 11.3 Å². The third-order valence-corrected chi connectivity index (χ3v) is 7.75. The Labute approximate surface area is 168 Å². The highest BCUT2D eigenvalue weighted by Gasteiger charge is 2.54. The molecule has 0 aliphatic heterocycles. The zero-order valence-electron chi connectivity index (χ0n) is 15.2. The van der Waals surface area contributed by atoms with Crippen LogP contribution in [0.25, 0.3) is 0 Å². The molecule has 0 radical (unpaired) electrons. The molecule has 4 aliphatic rings. The minimum absolute atomic E-state index is 0.114. The molecule has 4 aliphatic carbocycles. The standard InChI is InChI=1S/C21H24ClN3OS/c22-20-24-12-18(27-20)11-23-16-2-1-3-17(7-16)25-19(26)21-8-13-4-14(9-21)6-15(5-13)10-21/h1-3,7,12-15,23H,4-6,8-11H2,(H,25,26). The minimum atomic E-state index is -0.114. The number of nitrogens with one attached hydrogen (secondary N) is 2. The zero-order chi connectivity index (χ0) is 18.4. The lowest BCUT2D eigenvalue weighted by Crippen LogP contribution is -2.51. The third-order valence-electron chi connectivity index (χ3n) is 6.63. The Morgan fingerprint density at radius 3 is 2.44 bits per heavy atom. The molecule has 27 heavy (non-hydrogen) atoms. The molecule has 0 unspecified atom stereocenters. The number of aromatic nitrogens is 1. The summed E-state index contributed by atoms with van der Waals surface area (Å²) in [5.41, 5.74) is 1.75. The van der Waals surface area contributed by atoms with E-state index in [-0.39, 0.29) is 11.3 Å². The van der Waals surface area contributed by atoms with E-state index in [1.165, 1.54) is 30.6 Å². The van der Waals surface area contributed by atoms with Gasteiger partial charge in [-0.3, -0.25) is 4.79 Å². The van der Waals surface area contributed by atoms with Crippen molar-refractivity contribution in [3.8, 4) is 0 Å². The Hall–Kier alpha value is -1.59. The molecule has 142 valence electrons. The average molecular weight is 402 g/mol. The van der Waals surface area contributed by atoms with Crippen LogP contribution in [0.15, 0.2) is 30.5 Å². The highest BCUT2D eigenvalue weighted by atomic mass is 35.5. The van der Waals surface area contributed by atoms with Crippen LogP contribution in [0.2, 0.25) is 4.47 Å². The van der Waals surface area contributed by atoms with Crippen molar-refractivity contribution >= 4 is 40.2 Å². The van der Waals surface area contributed by atoms with E-state index in [4.69, 9.17) is 11.6 Å². The maximum Gasteiger partial charge on any atom is 0.230 e. The molecule has 1 amide bonds. The number of amides is 1. The van der Waals surface area contributed by atoms with Gasteiger partial charge in [0.05, 0.1) is 12.0 Å². The van der Waals surface area contributed by atoms with Crippen LogP contribution in [0.3, 0.4) is 0 Å². The van der Waals surface area contributed by atoms with Gasteiger partial charge in [0, 0.05) is 22.4 Å². The van der Waals surface area contributed by atoms with Crippen LogP contribution in [-0.4, -0.2) is 10.9 Å². The molecule has 1 aromatic carbocycles. The zero-order valence-corrected chi connectivity index (χ0v) is 16.8. The first-order chi connectivity index (χ1) is 13.1.